The van der Waals surface area contributed by atoms with Crippen LogP contribution in [0.3, 0.4) is 0 Å². The van der Waals surface area contributed by atoms with Gasteiger partial charge in [0.25, 0.3) is 0 Å². The Balaban J connectivity index is 1.85. The molecule has 0 radical (unpaired) electrons. The van der Waals surface area contributed by atoms with Gasteiger partial charge >= 0.3 is 11.7 Å². The highest BCUT2D eigenvalue weighted by Crippen LogP contribution is 2.46. The van der Waals surface area contributed by atoms with Crippen LogP contribution >= 0.6 is 11.8 Å². The van der Waals surface area contributed by atoms with Gasteiger partial charge in [-0.1, -0.05) is 6.07 Å². The second-order valence-corrected chi connectivity index (χ2v) is 9.83. The van der Waals surface area contributed by atoms with E-state index in [0.717, 1.165) is 4.57 Å². The predicted molar refractivity (Wildman–Crippen MR) is 125 cm³/mol. The number of aryl methyl sites for hydroxylation is 1. The van der Waals surface area contributed by atoms with Crippen LogP contribution in [0.15, 0.2) is 52.2 Å². The largest absolute Gasteiger partial charge is 0.496 e. The van der Waals surface area contributed by atoms with E-state index in [0.29, 0.717) is 27.3 Å². The molecule has 0 saturated carbocycles. The highest BCUT2D eigenvalue weighted by Gasteiger charge is 2.30. The van der Waals surface area contributed by atoms with Gasteiger partial charge in [-0.25, -0.2) is 27.9 Å². The van der Waals surface area contributed by atoms with Crippen LogP contribution in [-0.4, -0.2) is 32.7 Å². The van der Waals surface area contributed by atoms with Crippen LogP contribution in [0.4, 0.5) is 8.78 Å². The number of halogens is 2. The molecule has 2 aromatic carbocycles. The molecule has 4 aromatic rings. The smallest absolute Gasteiger partial charge is 0.354 e. The Bertz CT molecular complexity index is 1490. The molecule has 0 unspecified atom stereocenters. The van der Waals surface area contributed by atoms with Gasteiger partial charge in [-0.3, -0.25) is 0 Å². The van der Waals surface area contributed by atoms with Crippen molar-refractivity contribution in [3.05, 3.63) is 81.4 Å². The lowest BCUT2D eigenvalue weighted by atomic mass is 10.0. The Hall–Kier alpha value is -3.66. The van der Waals surface area contributed by atoms with Gasteiger partial charge in [0.05, 0.1) is 18.3 Å². The zero-order valence-electron chi connectivity index (χ0n) is 18.8. The van der Waals surface area contributed by atoms with Crippen molar-refractivity contribution in [1.82, 2.24) is 14.5 Å². The quantitative estimate of drug-likeness (QED) is 0.372. The SMILES string of the molecule is COc1cccc(F)c1C(C)(C)Sc1ccc(F)c(-n2c(=O)[nH]c3c(C)cc(C(=O)O)nc32)c1. The first-order valence-electron chi connectivity index (χ1n) is 10.2. The average Bonchev–Trinajstić information content (AvgIpc) is 3.10. The highest BCUT2D eigenvalue weighted by atomic mass is 32.2. The van der Waals surface area contributed by atoms with Crippen molar-refractivity contribution in [2.24, 2.45) is 0 Å². The number of carboxylic acid groups (broad SMARTS) is 1. The number of fused-ring (bicyclic) bond motifs is 1. The van der Waals surface area contributed by atoms with Crippen LogP contribution in [0.2, 0.25) is 0 Å². The fraction of sp³-hybridized carbons (Fsp3) is 0.208. The molecule has 0 aliphatic heterocycles. The van der Waals surface area contributed by atoms with E-state index < -0.39 is 28.0 Å². The number of hydrogen-bond donors (Lipinski definition) is 2. The van der Waals surface area contributed by atoms with E-state index in [1.165, 1.54) is 49.2 Å². The Kier molecular flexibility index (Phi) is 5.94. The summed E-state index contributed by atoms with van der Waals surface area (Å²) >= 11 is 1.26. The molecule has 7 nitrogen and oxygen atoms in total. The third kappa shape index (κ3) is 4.05. The Morgan fingerprint density at radius 1 is 1.18 bits per heavy atom. The van der Waals surface area contributed by atoms with Crippen LogP contribution < -0.4 is 10.4 Å². The Morgan fingerprint density at radius 2 is 1.91 bits per heavy atom. The van der Waals surface area contributed by atoms with Crippen molar-refractivity contribution in [2.45, 2.75) is 30.4 Å². The van der Waals surface area contributed by atoms with Crippen molar-refractivity contribution < 1.29 is 23.4 Å². The van der Waals surface area contributed by atoms with Gasteiger partial charge < -0.3 is 14.8 Å². The molecule has 4 rings (SSSR count). The second-order valence-electron chi connectivity index (χ2n) is 8.14. The summed E-state index contributed by atoms with van der Waals surface area (Å²) in [5.74, 6) is -2.02. The summed E-state index contributed by atoms with van der Waals surface area (Å²) in [6.07, 6.45) is 0. The van der Waals surface area contributed by atoms with E-state index in [2.05, 4.69) is 9.97 Å². The minimum Gasteiger partial charge on any atom is -0.496 e. The maximum Gasteiger partial charge on any atom is 0.354 e. The van der Waals surface area contributed by atoms with Crippen molar-refractivity contribution in [3.8, 4) is 11.4 Å². The molecule has 0 aliphatic rings. The lowest BCUT2D eigenvalue weighted by molar-refractivity contribution is 0.0690. The second kappa shape index (κ2) is 8.60. The molecule has 0 bridgehead atoms. The fourth-order valence-electron chi connectivity index (χ4n) is 3.90. The van der Waals surface area contributed by atoms with Gasteiger partial charge in [0.2, 0.25) is 0 Å². The van der Waals surface area contributed by atoms with Crippen LogP contribution in [0.1, 0.15) is 35.5 Å². The van der Waals surface area contributed by atoms with E-state index in [-0.39, 0.29) is 17.0 Å². The summed E-state index contributed by atoms with van der Waals surface area (Å²) in [6, 6.07) is 10.1. The number of rotatable bonds is 6. The van der Waals surface area contributed by atoms with Crippen LogP contribution in [0.5, 0.6) is 5.75 Å². The number of nitrogens with one attached hydrogen (secondary N) is 1. The number of pyridine rings is 1. The summed E-state index contributed by atoms with van der Waals surface area (Å²) in [5, 5.41) is 9.36. The Labute approximate surface area is 197 Å². The molecule has 0 atom stereocenters. The van der Waals surface area contributed by atoms with E-state index in [1.807, 2.05) is 13.8 Å². The van der Waals surface area contributed by atoms with Crippen LogP contribution in [-0.2, 0) is 4.75 Å². The van der Waals surface area contributed by atoms with Gasteiger partial charge in [-0.05, 0) is 62.7 Å². The number of carbonyl (C=O) groups is 1. The number of carboxylic acids is 1. The van der Waals surface area contributed by atoms with E-state index in [1.54, 1.807) is 19.1 Å². The molecule has 176 valence electrons. The van der Waals surface area contributed by atoms with Gasteiger partial charge in [0, 0.05) is 15.2 Å². The number of methoxy groups -OCH3 is 1. The predicted octanol–water partition coefficient (Wildman–Crippen LogP) is 5.03. The number of aromatic amines is 1. The van der Waals surface area contributed by atoms with Crippen LogP contribution in [0, 0.1) is 18.6 Å². The molecule has 2 heterocycles. The lowest BCUT2D eigenvalue weighted by Gasteiger charge is -2.27. The lowest BCUT2D eigenvalue weighted by Crippen LogP contribution is -2.18. The number of ether oxygens (including phenoxy) is 1. The molecule has 10 heteroatoms. The van der Waals surface area contributed by atoms with E-state index in [9.17, 15) is 23.5 Å². The maximum absolute atomic E-state index is 14.9. The maximum atomic E-state index is 14.9. The number of aromatic nitrogens is 3. The van der Waals surface area contributed by atoms with Gasteiger partial charge in [-0.15, -0.1) is 11.8 Å². The summed E-state index contributed by atoms with van der Waals surface area (Å²) in [4.78, 5) is 31.4. The average molecular weight is 486 g/mol. The molecule has 0 spiro atoms. The summed E-state index contributed by atoms with van der Waals surface area (Å²) in [6.45, 7) is 5.25. The molecule has 2 aromatic heterocycles. The molecule has 0 fully saturated rings. The van der Waals surface area contributed by atoms with Crippen molar-refractivity contribution in [3.63, 3.8) is 0 Å². The minimum absolute atomic E-state index is 0.00140. The standard InChI is InChI=1S/C24H21F2N3O4S/c1-12-10-16(22(30)31)27-21-20(12)28-23(32)29(21)17-11-13(8-9-14(17)25)34-24(2,3)19-15(26)6-5-7-18(19)33-4/h5-11H,1-4H3,(H,28,32)(H,30,31). The summed E-state index contributed by atoms with van der Waals surface area (Å²) in [7, 11) is 1.46. The van der Waals surface area contributed by atoms with Gasteiger partial charge in [0.15, 0.2) is 11.3 Å². The molecule has 0 amide bonds. The van der Waals surface area contributed by atoms with E-state index >= 15 is 0 Å². The molecule has 0 aliphatic carbocycles. The number of imidazole rings is 1. The normalized spacial score (nSPS) is 11.7. The zero-order chi connectivity index (χ0) is 24.8. The molecule has 2 N–H and O–H groups in total. The van der Waals surface area contributed by atoms with Gasteiger partial charge in [-0.2, -0.15) is 0 Å². The molecule has 0 saturated heterocycles. The highest BCUT2D eigenvalue weighted by molar-refractivity contribution is 8.00. The first-order chi connectivity index (χ1) is 16.0. The van der Waals surface area contributed by atoms with Crippen molar-refractivity contribution in [2.75, 3.05) is 7.11 Å². The van der Waals surface area contributed by atoms with Gasteiger partial charge in [0.1, 0.15) is 17.4 Å². The van der Waals surface area contributed by atoms with Crippen molar-refractivity contribution in [1.29, 1.82) is 0 Å². The topological polar surface area (TPSA) is 97.2 Å². The van der Waals surface area contributed by atoms with E-state index in [4.69, 9.17) is 4.74 Å². The molecule has 34 heavy (non-hydrogen) atoms. The third-order valence-corrected chi connectivity index (χ3v) is 6.60. The number of nitrogens with zero attached hydrogens (tertiary/aromatic N) is 2. The summed E-state index contributed by atoms with van der Waals surface area (Å²) < 4.78 is 35.2. The number of hydrogen-bond acceptors (Lipinski definition) is 5. The summed E-state index contributed by atoms with van der Waals surface area (Å²) in [5.41, 5.74) is 0.105. The van der Waals surface area contributed by atoms with Crippen LogP contribution in [0.25, 0.3) is 16.9 Å². The number of benzene rings is 2. The zero-order valence-corrected chi connectivity index (χ0v) is 19.6. The number of thioether (sulfide) groups is 1. The fourth-order valence-corrected chi connectivity index (χ4v) is 5.09. The molecular weight excluding hydrogens is 464 g/mol. The number of H-pyrrole nitrogens is 1. The number of aromatic carboxylic acids is 1. The van der Waals surface area contributed by atoms with Crippen molar-refractivity contribution >= 4 is 28.9 Å². The monoisotopic (exact) mass is 485 g/mol. The molecular formula is C24H21F2N3O4S. The third-order valence-electron chi connectivity index (χ3n) is 5.39. The first-order valence-corrected chi connectivity index (χ1v) is 11.0. The first kappa shape index (κ1) is 23.5. The Morgan fingerprint density at radius 3 is 2.59 bits per heavy atom. The minimum atomic E-state index is -1.27.